The predicted molar refractivity (Wildman–Crippen MR) is 75.4 cm³/mol. The van der Waals surface area contributed by atoms with Gasteiger partial charge < -0.3 is 10.6 Å². The normalized spacial score (nSPS) is 23.4. The van der Waals surface area contributed by atoms with E-state index in [0.29, 0.717) is 17.3 Å². The molecule has 1 fully saturated rings. The second-order valence-corrected chi connectivity index (χ2v) is 5.42. The average Bonchev–Trinajstić information content (AvgIpc) is 2.38. The summed E-state index contributed by atoms with van der Waals surface area (Å²) < 4.78 is 0. The summed E-state index contributed by atoms with van der Waals surface area (Å²) in [6, 6.07) is 8.47. The van der Waals surface area contributed by atoms with Gasteiger partial charge in [-0.15, -0.1) is 0 Å². The highest BCUT2D eigenvalue weighted by atomic mass is 15.1. The first kappa shape index (κ1) is 12.8. The number of rotatable bonds is 2. The lowest BCUT2D eigenvalue weighted by atomic mass is 9.86. The highest BCUT2D eigenvalue weighted by Gasteiger charge is 2.22. The van der Waals surface area contributed by atoms with E-state index in [9.17, 15) is 0 Å². The topological polar surface area (TPSA) is 53.0 Å². The molecule has 0 radical (unpaired) electrons. The van der Waals surface area contributed by atoms with Crippen LogP contribution in [0.25, 0.3) is 0 Å². The molecule has 3 nitrogen and oxygen atoms in total. The van der Waals surface area contributed by atoms with Gasteiger partial charge >= 0.3 is 0 Å². The van der Waals surface area contributed by atoms with Gasteiger partial charge in [0.25, 0.3) is 0 Å². The van der Waals surface area contributed by atoms with Gasteiger partial charge in [-0.3, -0.25) is 0 Å². The molecular weight excluding hydrogens is 222 g/mol. The van der Waals surface area contributed by atoms with Gasteiger partial charge in [-0.05, 0) is 37.0 Å². The third-order valence-corrected chi connectivity index (χ3v) is 4.02. The molecule has 3 heteroatoms. The van der Waals surface area contributed by atoms with E-state index in [0.717, 1.165) is 11.6 Å². The fourth-order valence-electron chi connectivity index (χ4n) is 2.83. The fourth-order valence-corrected chi connectivity index (χ4v) is 2.83. The number of hydrogen-bond acceptors (Lipinski definition) is 3. The Morgan fingerprint density at radius 3 is 2.83 bits per heavy atom. The Labute approximate surface area is 109 Å². The zero-order valence-corrected chi connectivity index (χ0v) is 11.2. The Hall–Kier alpha value is -1.69. The van der Waals surface area contributed by atoms with Gasteiger partial charge in [0.1, 0.15) is 6.07 Å². The van der Waals surface area contributed by atoms with E-state index < -0.39 is 0 Å². The number of benzene rings is 1. The maximum atomic E-state index is 9.03. The summed E-state index contributed by atoms with van der Waals surface area (Å²) in [4.78, 5) is 2.30. The van der Waals surface area contributed by atoms with E-state index in [1.165, 1.54) is 25.7 Å². The van der Waals surface area contributed by atoms with Crippen LogP contribution >= 0.6 is 0 Å². The minimum atomic E-state index is 0.562. The van der Waals surface area contributed by atoms with Crippen LogP contribution in [-0.2, 0) is 0 Å². The number of nitrogen functional groups attached to an aromatic ring is 1. The van der Waals surface area contributed by atoms with Crippen molar-refractivity contribution < 1.29 is 0 Å². The van der Waals surface area contributed by atoms with Gasteiger partial charge in [0.05, 0.1) is 5.56 Å². The van der Waals surface area contributed by atoms with Crippen molar-refractivity contribution in [3.05, 3.63) is 23.8 Å². The van der Waals surface area contributed by atoms with Crippen LogP contribution in [0.2, 0.25) is 0 Å². The SMILES string of the molecule is CC1CCCC(N(C)c2ccc(N)c(C#N)c2)C1. The van der Waals surface area contributed by atoms with Crippen molar-refractivity contribution in [2.24, 2.45) is 5.92 Å². The van der Waals surface area contributed by atoms with Crippen LogP contribution in [0, 0.1) is 17.2 Å². The number of nitrogens with two attached hydrogens (primary N) is 1. The third-order valence-electron chi connectivity index (χ3n) is 4.02. The minimum absolute atomic E-state index is 0.562. The number of hydrogen-bond donors (Lipinski definition) is 1. The van der Waals surface area contributed by atoms with Crippen molar-refractivity contribution in [2.45, 2.75) is 38.6 Å². The Kier molecular flexibility index (Phi) is 3.76. The van der Waals surface area contributed by atoms with Gasteiger partial charge in [-0.25, -0.2) is 0 Å². The van der Waals surface area contributed by atoms with Crippen LogP contribution in [0.1, 0.15) is 38.2 Å². The Morgan fingerprint density at radius 2 is 2.17 bits per heavy atom. The smallest absolute Gasteiger partial charge is 0.101 e. The molecule has 2 rings (SSSR count). The maximum Gasteiger partial charge on any atom is 0.101 e. The van der Waals surface area contributed by atoms with Crippen molar-refractivity contribution in [2.75, 3.05) is 17.7 Å². The number of nitriles is 1. The van der Waals surface area contributed by atoms with E-state index >= 15 is 0 Å². The van der Waals surface area contributed by atoms with E-state index in [1.807, 2.05) is 18.2 Å². The molecule has 96 valence electrons. The summed E-state index contributed by atoms with van der Waals surface area (Å²) in [5.74, 6) is 0.801. The second kappa shape index (κ2) is 5.30. The molecule has 1 aliphatic carbocycles. The lowest BCUT2D eigenvalue weighted by molar-refractivity contribution is 0.336. The van der Waals surface area contributed by atoms with Crippen LogP contribution in [0.5, 0.6) is 0 Å². The van der Waals surface area contributed by atoms with Crippen LogP contribution < -0.4 is 10.6 Å². The van der Waals surface area contributed by atoms with Crippen molar-refractivity contribution >= 4 is 11.4 Å². The monoisotopic (exact) mass is 243 g/mol. The second-order valence-electron chi connectivity index (χ2n) is 5.42. The van der Waals surface area contributed by atoms with Crippen LogP contribution in [0.3, 0.4) is 0 Å². The quantitative estimate of drug-likeness (QED) is 0.812. The fraction of sp³-hybridized carbons (Fsp3) is 0.533. The molecule has 0 saturated heterocycles. The van der Waals surface area contributed by atoms with E-state index in [-0.39, 0.29) is 0 Å². The molecule has 1 aliphatic rings. The van der Waals surface area contributed by atoms with Crippen molar-refractivity contribution in [1.29, 1.82) is 5.26 Å². The summed E-state index contributed by atoms with van der Waals surface area (Å²) in [6.07, 6.45) is 5.13. The zero-order chi connectivity index (χ0) is 13.1. The molecule has 0 amide bonds. The molecular formula is C15H21N3. The molecule has 0 aromatic heterocycles. The highest BCUT2D eigenvalue weighted by Crippen LogP contribution is 2.30. The first-order chi connectivity index (χ1) is 8.61. The van der Waals surface area contributed by atoms with Crippen molar-refractivity contribution in [3.63, 3.8) is 0 Å². The van der Waals surface area contributed by atoms with Gasteiger partial charge in [0.15, 0.2) is 0 Å². The average molecular weight is 243 g/mol. The van der Waals surface area contributed by atoms with E-state index in [1.54, 1.807) is 0 Å². The summed E-state index contributed by atoms with van der Waals surface area (Å²) in [5.41, 5.74) is 7.99. The van der Waals surface area contributed by atoms with Gasteiger partial charge in [0.2, 0.25) is 0 Å². The maximum absolute atomic E-state index is 9.03. The lowest BCUT2D eigenvalue weighted by Gasteiger charge is -2.35. The standard InChI is InChI=1S/C15H21N3/c1-11-4-3-5-13(8-11)18(2)14-6-7-15(17)12(9-14)10-16/h6-7,9,11,13H,3-5,8,17H2,1-2H3. The van der Waals surface area contributed by atoms with Crippen molar-refractivity contribution in [3.8, 4) is 6.07 Å². The summed E-state index contributed by atoms with van der Waals surface area (Å²) >= 11 is 0. The van der Waals surface area contributed by atoms with Crippen LogP contribution in [0.4, 0.5) is 11.4 Å². The summed E-state index contributed by atoms with van der Waals surface area (Å²) in [6.45, 7) is 2.32. The van der Waals surface area contributed by atoms with Crippen molar-refractivity contribution in [1.82, 2.24) is 0 Å². The Bertz CT molecular complexity index is 461. The molecule has 2 N–H and O–H groups in total. The Balaban J connectivity index is 2.18. The molecule has 0 spiro atoms. The first-order valence-corrected chi connectivity index (χ1v) is 6.64. The molecule has 2 atom stereocenters. The molecule has 0 heterocycles. The van der Waals surface area contributed by atoms with Gasteiger partial charge in [0, 0.05) is 24.5 Å². The molecule has 18 heavy (non-hydrogen) atoms. The molecule has 0 aliphatic heterocycles. The van der Waals surface area contributed by atoms with Gasteiger partial charge in [-0.2, -0.15) is 5.26 Å². The molecule has 1 aromatic rings. The molecule has 1 saturated carbocycles. The summed E-state index contributed by atoms with van der Waals surface area (Å²) in [7, 11) is 2.12. The molecule has 2 unspecified atom stereocenters. The molecule has 1 aromatic carbocycles. The number of anilines is 2. The van der Waals surface area contributed by atoms with E-state index in [4.69, 9.17) is 11.0 Å². The zero-order valence-electron chi connectivity index (χ0n) is 11.2. The van der Waals surface area contributed by atoms with E-state index in [2.05, 4.69) is 24.9 Å². The largest absolute Gasteiger partial charge is 0.398 e. The number of nitrogens with zero attached hydrogens (tertiary/aromatic N) is 2. The minimum Gasteiger partial charge on any atom is -0.398 e. The highest BCUT2D eigenvalue weighted by molar-refractivity contribution is 5.62. The van der Waals surface area contributed by atoms with Crippen LogP contribution in [-0.4, -0.2) is 13.1 Å². The lowest BCUT2D eigenvalue weighted by Crippen LogP contribution is -2.35. The summed E-state index contributed by atoms with van der Waals surface area (Å²) in [5, 5.41) is 9.03. The first-order valence-electron chi connectivity index (χ1n) is 6.64. The Morgan fingerprint density at radius 1 is 1.39 bits per heavy atom. The van der Waals surface area contributed by atoms with Crippen LogP contribution in [0.15, 0.2) is 18.2 Å². The molecule has 0 bridgehead atoms. The van der Waals surface area contributed by atoms with Gasteiger partial charge in [-0.1, -0.05) is 19.8 Å². The predicted octanol–water partition coefficient (Wildman–Crippen LogP) is 3.16. The third kappa shape index (κ3) is 2.59.